The average molecular weight is 264 g/mol. The Hall–Kier alpha value is -1.91. The summed E-state index contributed by atoms with van der Waals surface area (Å²) >= 11 is 0. The molecule has 1 fully saturated rings. The van der Waals surface area contributed by atoms with Crippen LogP contribution in [-0.4, -0.2) is 23.9 Å². The van der Waals surface area contributed by atoms with E-state index in [1.807, 2.05) is 6.92 Å². The summed E-state index contributed by atoms with van der Waals surface area (Å²) in [5.74, 6) is -0.717. The molecular formula is C14H17FN2O2. The van der Waals surface area contributed by atoms with Gasteiger partial charge in [0, 0.05) is 5.69 Å². The lowest BCUT2D eigenvalue weighted by Gasteiger charge is -2.39. The summed E-state index contributed by atoms with van der Waals surface area (Å²) in [7, 11) is 0. The third kappa shape index (κ3) is 2.32. The van der Waals surface area contributed by atoms with E-state index in [1.165, 1.54) is 23.1 Å². The number of benzene rings is 1. The number of halogens is 1. The number of anilines is 1. The molecule has 2 amide bonds. The van der Waals surface area contributed by atoms with Crippen molar-refractivity contribution in [3.8, 4) is 0 Å². The van der Waals surface area contributed by atoms with Crippen LogP contribution in [0.1, 0.15) is 25.8 Å². The first kappa shape index (κ1) is 13.5. The molecule has 1 heterocycles. The number of hydrogen-bond acceptors (Lipinski definition) is 2. The molecule has 1 saturated heterocycles. The number of carbonyl (C=O) groups is 2. The molecule has 5 heteroatoms. The van der Waals surface area contributed by atoms with Crippen molar-refractivity contribution in [2.75, 3.05) is 11.4 Å². The van der Waals surface area contributed by atoms with E-state index in [-0.39, 0.29) is 24.2 Å². The highest BCUT2D eigenvalue weighted by Gasteiger charge is 2.42. The molecule has 4 nitrogen and oxygen atoms in total. The third-order valence-corrected chi connectivity index (χ3v) is 3.59. The first-order valence-electron chi connectivity index (χ1n) is 6.26. The Balaban J connectivity index is 2.43. The molecule has 1 N–H and O–H groups in total. The summed E-state index contributed by atoms with van der Waals surface area (Å²) in [4.78, 5) is 25.7. The maximum atomic E-state index is 13.1. The molecule has 1 aromatic rings. The lowest BCUT2D eigenvalue weighted by atomic mass is 9.93. The monoisotopic (exact) mass is 264 g/mol. The number of piperazine rings is 1. The van der Waals surface area contributed by atoms with Crippen LogP contribution in [0.25, 0.3) is 0 Å². The molecule has 0 aromatic heterocycles. The van der Waals surface area contributed by atoms with E-state index in [1.54, 1.807) is 13.8 Å². The Morgan fingerprint density at radius 2 is 2.11 bits per heavy atom. The van der Waals surface area contributed by atoms with E-state index >= 15 is 0 Å². The highest BCUT2D eigenvalue weighted by Crippen LogP contribution is 2.27. The van der Waals surface area contributed by atoms with Crippen molar-refractivity contribution in [3.63, 3.8) is 0 Å². The normalized spacial score (nSPS) is 23.5. The lowest BCUT2D eigenvalue weighted by Crippen LogP contribution is -2.65. The van der Waals surface area contributed by atoms with Crippen molar-refractivity contribution in [2.45, 2.75) is 32.7 Å². The van der Waals surface area contributed by atoms with Crippen LogP contribution in [0, 0.1) is 12.7 Å². The highest BCUT2D eigenvalue weighted by atomic mass is 19.1. The molecule has 1 aromatic carbocycles. The molecule has 0 spiro atoms. The molecule has 102 valence electrons. The fraction of sp³-hybridized carbons (Fsp3) is 0.429. The van der Waals surface area contributed by atoms with E-state index in [9.17, 15) is 14.0 Å². The van der Waals surface area contributed by atoms with Crippen LogP contribution in [0.15, 0.2) is 18.2 Å². The number of aryl methyl sites for hydroxylation is 1. The molecule has 2 rings (SSSR count). The average Bonchev–Trinajstić information content (AvgIpc) is 2.34. The first-order valence-corrected chi connectivity index (χ1v) is 6.26. The van der Waals surface area contributed by atoms with Crippen molar-refractivity contribution in [3.05, 3.63) is 29.6 Å². The topological polar surface area (TPSA) is 49.4 Å². The van der Waals surface area contributed by atoms with Gasteiger partial charge in [-0.25, -0.2) is 4.39 Å². The van der Waals surface area contributed by atoms with Gasteiger partial charge in [0.15, 0.2) is 0 Å². The molecule has 19 heavy (non-hydrogen) atoms. The minimum atomic E-state index is -0.893. The molecule has 0 radical (unpaired) electrons. The maximum absolute atomic E-state index is 13.1. The Kier molecular flexibility index (Phi) is 3.30. The molecule has 1 unspecified atom stereocenters. The molecule has 1 atom stereocenters. The van der Waals surface area contributed by atoms with Gasteiger partial charge in [-0.05, 0) is 44.0 Å². The standard InChI is InChI=1S/C14H17FN2O2/c1-4-14(3)13(19)17(8-12(18)16-14)11-6-5-10(15)7-9(11)2/h5-7H,4,8H2,1-3H3,(H,16,18). The van der Waals surface area contributed by atoms with Crippen LogP contribution >= 0.6 is 0 Å². The van der Waals surface area contributed by atoms with Crippen LogP contribution in [0.3, 0.4) is 0 Å². The van der Waals surface area contributed by atoms with E-state index in [0.29, 0.717) is 17.7 Å². The summed E-state index contributed by atoms with van der Waals surface area (Å²) in [6.45, 7) is 5.25. The fourth-order valence-corrected chi connectivity index (χ4v) is 2.27. The minimum Gasteiger partial charge on any atom is -0.340 e. The Labute approximate surface area is 111 Å². The third-order valence-electron chi connectivity index (χ3n) is 3.59. The summed E-state index contributed by atoms with van der Waals surface area (Å²) in [5.41, 5.74) is 0.332. The second-order valence-corrected chi connectivity index (χ2v) is 5.06. The van der Waals surface area contributed by atoms with Gasteiger partial charge in [-0.15, -0.1) is 0 Å². The molecular weight excluding hydrogens is 247 g/mol. The molecule has 0 bridgehead atoms. The van der Waals surface area contributed by atoms with Crippen LogP contribution in [-0.2, 0) is 9.59 Å². The smallest absolute Gasteiger partial charge is 0.252 e. The maximum Gasteiger partial charge on any atom is 0.252 e. The zero-order valence-corrected chi connectivity index (χ0v) is 11.3. The highest BCUT2D eigenvalue weighted by molar-refractivity contribution is 6.09. The Morgan fingerprint density at radius 1 is 1.42 bits per heavy atom. The number of nitrogens with one attached hydrogen (secondary N) is 1. The minimum absolute atomic E-state index is 0.0269. The number of hydrogen-bond donors (Lipinski definition) is 1. The quantitative estimate of drug-likeness (QED) is 0.885. The SMILES string of the molecule is CCC1(C)NC(=O)CN(c2ccc(F)cc2C)C1=O. The number of nitrogens with zero attached hydrogens (tertiary/aromatic N) is 1. The van der Waals surface area contributed by atoms with Crippen molar-refractivity contribution in [1.82, 2.24) is 5.32 Å². The van der Waals surface area contributed by atoms with E-state index in [0.717, 1.165) is 0 Å². The molecule has 1 aliphatic heterocycles. The van der Waals surface area contributed by atoms with Gasteiger partial charge in [-0.3, -0.25) is 9.59 Å². The van der Waals surface area contributed by atoms with Crippen LogP contribution in [0.2, 0.25) is 0 Å². The molecule has 0 aliphatic carbocycles. The van der Waals surface area contributed by atoms with Crippen LogP contribution < -0.4 is 10.2 Å². The number of carbonyl (C=O) groups excluding carboxylic acids is 2. The number of rotatable bonds is 2. The predicted octanol–water partition coefficient (Wildman–Crippen LogP) is 1.77. The summed E-state index contributed by atoms with van der Waals surface area (Å²) in [5, 5.41) is 2.72. The Bertz CT molecular complexity index is 544. The molecule has 0 saturated carbocycles. The van der Waals surface area contributed by atoms with Gasteiger partial charge < -0.3 is 10.2 Å². The number of amides is 2. The second-order valence-electron chi connectivity index (χ2n) is 5.06. The van der Waals surface area contributed by atoms with Crippen LogP contribution in [0.5, 0.6) is 0 Å². The van der Waals surface area contributed by atoms with Crippen molar-refractivity contribution in [1.29, 1.82) is 0 Å². The van der Waals surface area contributed by atoms with Crippen molar-refractivity contribution in [2.24, 2.45) is 0 Å². The van der Waals surface area contributed by atoms with E-state index < -0.39 is 5.54 Å². The van der Waals surface area contributed by atoms with Gasteiger partial charge >= 0.3 is 0 Å². The van der Waals surface area contributed by atoms with Gasteiger partial charge in [0.2, 0.25) is 5.91 Å². The van der Waals surface area contributed by atoms with E-state index in [2.05, 4.69) is 5.32 Å². The van der Waals surface area contributed by atoms with Crippen molar-refractivity contribution >= 4 is 17.5 Å². The largest absolute Gasteiger partial charge is 0.340 e. The van der Waals surface area contributed by atoms with Gasteiger partial charge in [-0.1, -0.05) is 6.92 Å². The van der Waals surface area contributed by atoms with E-state index in [4.69, 9.17) is 0 Å². The predicted molar refractivity (Wildman–Crippen MR) is 70.3 cm³/mol. The lowest BCUT2D eigenvalue weighted by molar-refractivity contribution is -0.135. The van der Waals surface area contributed by atoms with Gasteiger partial charge in [0.25, 0.3) is 5.91 Å². The zero-order chi connectivity index (χ0) is 14.2. The van der Waals surface area contributed by atoms with Gasteiger partial charge in [0.1, 0.15) is 17.9 Å². The summed E-state index contributed by atoms with van der Waals surface area (Å²) < 4.78 is 13.1. The fourth-order valence-electron chi connectivity index (χ4n) is 2.27. The zero-order valence-electron chi connectivity index (χ0n) is 11.3. The second kappa shape index (κ2) is 4.64. The summed E-state index contributed by atoms with van der Waals surface area (Å²) in [6.07, 6.45) is 0.508. The van der Waals surface area contributed by atoms with Gasteiger partial charge in [0.05, 0.1) is 0 Å². The summed E-state index contributed by atoms with van der Waals surface area (Å²) in [6, 6.07) is 4.20. The van der Waals surface area contributed by atoms with Crippen LogP contribution in [0.4, 0.5) is 10.1 Å². The van der Waals surface area contributed by atoms with Gasteiger partial charge in [-0.2, -0.15) is 0 Å². The first-order chi connectivity index (χ1) is 8.87. The van der Waals surface area contributed by atoms with Crippen molar-refractivity contribution < 1.29 is 14.0 Å². The molecule has 1 aliphatic rings. The Morgan fingerprint density at radius 3 is 2.68 bits per heavy atom.